The smallest absolute Gasteiger partial charge is 0.291 e. The minimum atomic E-state index is -0.242. The molecule has 110 valence electrons. The number of halogens is 2. The van der Waals surface area contributed by atoms with Crippen LogP contribution in [-0.2, 0) is 0 Å². The third-order valence-electron chi connectivity index (χ3n) is 3.03. The molecule has 0 aromatic carbocycles. The van der Waals surface area contributed by atoms with Crippen molar-refractivity contribution in [3.05, 3.63) is 23.8 Å². The van der Waals surface area contributed by atoms with Crippen LogP contribution in [0.1, 0.15) is 22.7 Å². The van der Waals surface area contributed by atoms with Crippen LogP contribution in [0, 0.1) is 6.92 Å². The minimum Gasteiger partial charge on any atom is -0.345 e. The predicted molar refractivity (Wildman–Crippen MR) is 78.8 cm³/mol. The molecule has 2 aromatic heterocycles. The van der Waals surface area contributed by atoms with Crippen molar-refractivity contribution in [2.45, 2.75) is 19.4 Å². The molecule has 0 saturated carbocycles. The van der Waals surface area contributed by atoms with Crippen molar-refractivity contribution in [2.24, 2.45) is 0 Å². The quantitative estimate of drug-likeness (QED) is 0.835. The Hall–Kier alpha value is -1.44. The van der Waals surface area contributed by atoms with Crippen LogP contribution >= 0.6 is 24.8 Å². The summed E-state index contributed by atoms with van der Waals surface area (Å²) in [7, 11) is 0. The average molecular weight is 319 g/mol. The van der Waals surface area contributed by atoms with Crippen LogP contribution in [0.25, 0.3) is 5.78 Å². The van der Waals surface area contributed by atoms with Crippen molar-refractivity contribution in [3.8, 4) is 0 Å². The van der Waals surface area contributed by atoms with Gasteiger partial charge in [0.1, 0.15) is 0 Å². The minimum absolute atomic E-state index is 0. The van der Waals surface area contributed by atoms with Gasteiger partial charge in [0.25, 0.3) is 11.7 Å². The Morgan fingerprint density at radius 1 is 1.50 bits per heavy atom. The number of fused-ring (bicyclic) bond motifs is 1. The van der Waals surface area contributed by atoms with E-state index in [9.17, 15) is 4.79 Å². The molecule has 1 aliphatic rings. The number of nitrogens with one attached hydrogen (secondary N) is 2. The van der Waals surface area contributed by atoms with Crippen LogP contribution < -0.4 is 10.6 Å². The van der Waals surface area contributed by atoms with Crippen LogP contribution in [0.3, 0.4) is 0 Å². The summed E-state index contributed by atoms with van der Waals surface area (Å²) in [6, 6.07) is 1.99. The SMILES string of the molecule is Cc1ccnc2nc(C(=O)NC3CCNC3)nn12.Cl.Cl. The summed E-state index contributed by atoms with van der Waals surface area (Å²) in [5.74, 6) is 0.377. The molecule has 20 heavy (non-hydrogen) atoms. The molecule has 7 nitrogen and oxygen atoms in total. The van der Waals surface area contributed by atoms with E-state index < -0.39 is 0 Å². The Morgan fingerprint density at radius 2 is 2.30 bits per heavy atom. The topological polar surface area (TPSA) is 84.2 Å². The van der Waals surface area contributed by atoms with Crippen molar-refractivity contribution < 1.29 is 4.79 Å². The normalized spacial score (nSPS) is 17.4. The van der Waals surface area contributed by atoms with Crippen LogP contribution in [0.4, 0.5) is 0 Å². The molecule has 3 heterocycles. The second-order valence-electron chi connectivity index (χ2n) is 4.40. The van der Waals surface area contributed by atoms with Crippen molar-refractivity contribution in [2.75, 3.05) is 13.1 Å². The molecular weight excluding hydrogens is 303 g/mol. The van der Waals surface area contributed by atoms with E-state index in [1.165, 1.54) is 0 Å². The number of hydrogen-bond acceptors (Lipinski definition) is 5. The van der Waals surface area contributed by atoms with Crippen molar-refractivity contribution >= 4 is 36.5 Å². The second-order valence-corrected chi connectivity index (χ2v) is 4.40. The molecule has 1 aliphatic heterocycles. The Balaban J connectivity index is 0.000001000. The maximum atomic E-state index is 12.0. The number of nitrogens with zero attached hydrogens (tertiary/aromatic N) is 4. The molecule has 0 radical (unpaired) electrons. The summed E-state index contributed by atoms with van der Waals surface area (Å²) in [6.45, 7) is 3.63. The lowest BCUT2D eigenvalue weighted by molar-refractivity contribution is 0.0930. The number of aryl methyl sites for hydroxylation is 1. The lowest BCUT2D eigenvalue weighted by Crippen LogP contribution is -2.36. The standard InChI is InChI=1S/C11H14N6O.2ClH/c1-7-2-5-13-11-15-9(16-17(7)11)10(18)14-8-3-4-12-6-8;;/h2,5,8,12H,3-4,6H2,1H3,(H,14,18);2*1H. The van der Waals surface area contributed by atoms with Gasteiger partial charge in [0.15, 0.2) is 0 Å². The van der Waals surface area contributed by atoms with E-state index in [4.69, 9.17) is 0 Å². The number of amides is 1. The third-order valence-corrected chi connectivity index (χ3v) is 3.03. The zero-order valence-electron chi connectivity index (χ0n) is 10.9. The molecule has 0 spiro atoms. The lowest BCUT2D eigenvalue weighted by atomic mass is 10.2. The first-order chi connectivity index (χ1) is 8.74. The first-order valence-electron chi connectivity index (χ1n) is 5.94. The first-order valence-corrected chi connectivity index (χ1v) is 5.94. The molecule has 9 heteroatoms. The lowest BCUT2D eigenvalue weighted by Gasteiger charge is -2.08. The van der Waals surface area contributed by atoms with Gasteiger partial charge in [0.2, 0.25) is 5.82 Å². The fraction of sp³-hybridized carbons (Fsp3) is 0.455. The molecule has 3 rings (SSSR count). The second kappa shape index (κ2) is 6.83. The van der Waals surface area contributed by atoms with E-state index in [2.05, 4.69) is 25.7 Å². The van der Waals surface area contributed by atoms with Gasteiger partial charge in [-0.3, -0.25) is 4.79 Å². The summed E-state index contributed by atoms with van der Waals surface area (Å²) in [6.07, 6.45) is 2.60. The molecule has 1 fully saturated rings. The molecule has 2 N–H and O–H groups in total. The van der Waals surface area contributed by atoms with Gasteiger partial charge >= 0.3 is 0 Å². The van der Waals surface area contributed by atoms with Gasteiger partial charge in [-0.25, -0.2) is 9.50 Å². The van der Waals surface area contributed by atoms with Crippen LogP contribution in [0.2, 0.25) is 0 Å². The number of hydrogen-bond donors (Lipinski definition) is 2. The van der Waals surface area contributed by atoms with E-state index in [1.54, 1.807) is 10.7 Å². The summed E-state index contributed by atoms with van der Waals surface area (Å²) in [4.78, 5) is 20.2. The Bertz CT molecular complexity index is 596. The van der Waals surface area contributed by atoms with Crippen LogP contribution in [0.5, 0.6) is 0 Å². The molecule has 0 bridgehead atoms. The largest absolute Gasteiger partial charge is 0.345 e. The number of aromatic nitrogens is 4. The highest BCUT2D eigenvalue weighted by Gasteiger charge is 2.20. The maximum Gasteiger partial charge on any atom is 0.291 e. The highest BCUT2D eigenvalue weighted by molar-refractivity contribution is 5.91. The number of rotatable bonds is 2. The van der Waals surface area contributed by atoms with Gasteiger partial charge in [0.05, 0.1) is 0 Å². The zero-order valence-corrected chi connectivity index (χ0v) is 12.5. The monoisotopic (exact) mass is 318 g/mol. The fourth-order valence-electron chi connectivity index (χ4n) is 2.03. The first kappa shape index (κ1) is 16.6. The molecular formula is C11H16Cl2N6O. The average Bonchev–Trinajstić information content (AvgIpc) is 2.97. The molecule has 2 aromatic rings. The fourth-order valence-corrected chi connectivity index (χ4v) is 2.03. The van der Waals surface area contributed by atoms with Gasteiger partial charge in [-0.1, -0.05) is 0 Å². The van der Waals surface area contributed by atoms with Gasteiger partial charge in [-0.15, -0.1) is 29.9 Å². The van der Waals surface area contributed by atoms with Gasteiger partial charge in [-0.2, -0.15) is 4.98 Å². The maximum absolute atomic E-state index is 12.0. The zero-order chi connectivity index (χ0) is 12.5. The summed E-state index contributed by atoms with van der Waals surface area (Å²) in [5.41, 5.74) is 0.897. The van der Waals surface area contributed by atoms with E-state index >= 15 is 0 Å². The Kier molecular flexibility index (Phi) is 5.67. The molecule has 1 atom stereocenters. The molecule has 1 unspecified atom stereocenters. The van der Waals surface area contributed by atoms with E-state index in [1.807, 2.05) is 13.0 Å². The highest BCUT2D eigenvalue weighted by Crippen LogP contribution is 2.03. The van der Waals surface area contributed by atoms with Crippen molar-refractivity contribution in [3.63, 3.8) is 0 Å². The Labute approximate surface area is 128 Å². The molecule has 1 amide bonds. The Morgan fingerprint density at radius 3 is 2.95 bits per heavy atom. The van der Waals surface area contributed by atoms with Gasteiger partial charge < -0.3 is 10.6 Å². The van der Waals surface area contributed by atoms with Crippen molar-refractivity contribution in [1.29, 1.82) is 0 Å². The third kappa shape index (κ3) is 3.17. The summed E-state index contributed by atoms with van der Waals surface area (Å²) >= 11 is 0. The highest BCUT2D eigenvalue weighted by atomic mass is 35.5. The number of carbonyl (C=O) groups excluding carboxylic acids is 1. The molecule has 0 aliphatic carbocycles. The van der Waals surface area contributed by atoms with E-state index in [-0.39, 0.29) is 42.6 Å². The van der Waals surface area contributed by atoms with E-state index in [0.29, 0.717) is 5.78 Å². The summed E-state index contributed by atoms with van der Waals surface area (Å²) in [5, 5.41) is 10.3. The van der Waals surface area contributed by atoms with E-state index in [0.717, 1.165) is 25.2 Å². The van der Waals surface area contributed by atoms with Crippen LogP contribution in [0.15, 0.2) is 12.3 Å². The van der Waals surface area contributed by atoms with Gasteiger partial charge in [0, 0.05) is 24.5 Å². The van der Waals surface area contributed by atoms with Gasteiger partial charge in [-0.05, 0) is 26.0 Å². The predicted octanol–water partition coefficient (Wildman–Crippen LogP) is 0.368. The molecule has 1 saturated heterocycles. The van der Waals surface area contributed by atoms with Crippen molar-refractivity contribution in [1.82, 2.24) is 30.2 Å². The summed E-state index contributed by atoms with van der Waals surface area (Å²) < 4.78 is 1.57. The number of carbonyl (C=O) groups is 1. The van der Waals surface area contributed by atoms with Crippen LogP contribution in [-0.4, -0.2) is 44.6 Å².